The molecule has 49 heavy (non-hydrogen) atoms. The molecule has 6 rings (SSSR count). The number of nitrogens with zero attached hydrogens (tertiary/aromatic N) is 3. The predicted molar refractivity (Wildman–Crippen MR) is 178 cm³/mol. The van der Waals surface area contributed by atoms with E-state index in [9.17, 15) is 18.0 Å². The Morgan fingerprint density at radius 1 is 0.918 bits per heavy atom. The minimum Gasteiger partial charge on any atom is -0.497 e. The first-order valence-electron chi connectivity index (χ1n) is 15.3. The van der Waals surface area contributed by atoms with Crippen LogP contribution in [0.4, 0.5) is 13.2 Å². The molecule has 0 saturated heterocycles. The molecule has 0 saturated carbocycles. The van der Waals surface area contributed by atoms with Gasteiger partial charge in [0.25, 0.3) is 0 Å². The number of alkyl halides is 3. The van der Waals surface area contributed by atoms with Crippen LogP contribution < -0.4 is 15.8 Å². The van der Waals surface area contributed by atoms with Gasteiger partial charge < -0.3 is 35.4 Å². The van der Waals surface area contributed by atoms with Crippen molar-refractivity contribution in [3.63, 3.8) is 0 Å². The van der Waals surface area contributed by atoms with Gasteiger partial charge in [0.2, 0.25) is 5.91 Å². The first kappa shape index (κ1) is 34.7. The standard InChI is InChI=1S/C33H35N7O2.C2HF3O2/c1-33(2,34)32(41)37-29(16-22-18-35-27-10-6-4-8-25(22)27)31-39-38-30(17-23-19-36-28-11-7-5-9-26(23)28)40(31)20-21-12-14-24(42-3)15-13-21;3-2(4,5)1(6)7/h4-15,18-19,29,35-36H,16-17,20,34H2,1-3H3,(H,37,41);(H,6,7)/t29-;/m1./s1. The maximum Gasteiger partial charge on any atom is 0.490 e. The van der Waals surface area contributed by atoms with Crippen molar-refractivity contribution in [1.29, 1.82) is 0 Å². The fourth-order valence-corrected chi connectivity index (χ4v) is 5.34. The lowest BCUT2D eigenvalue weighted by Crippen LogP contribution is -2.50. The normalized spacial score (nSPS) is 12.4. The molecular weight excluding hydrogens is 639 g/mol. The molecule has 11 nitrogen and oxygen atoms in total. The number of hydrogen-bond acceptors (Lipinski definition) is 6. The summed E-state index contributed by atoms with van der Waals surface area (Å²) in [4.78, 5) is 28.9. The van der Waals surface area contributed by atoms with Crippen LogP contribution in [0.3, 0.4) is 0 Å². The van der Waals surface area contributed by atoms with Gasteiger partial charge in [0.1, 0.15) is 11.6 Å². The topological polar surface area (TPSA) is 164 Å². The molecular formula is C35H36F3N7O4. The maximum atomic E-state index is 13.3. The average molecular weight is 676 g/mol. The molecule has 0 bridgehead atoms. The molecule has 6 aromatic rings. The van der Waals surface area contributed by atoms with Crippen LogP contribution >= 0.6 is 0 Å². The average Bonchev–Trinajstić information content (AvgIpc) is 3.78. The molecule has 1 atom stereocenters. The zero-order valence-electron chi connectivity index (χ0n) is 27.0. The Hall–Kier alpha value is -5.63. The van der Waals surface area contributed by atoms with Gasteiger partial charge in [-0.1, -0.05) is 48.5 Å². The summed E-state index contributed by atoms with van der Waals surface area (Å²) in [6.07, 6.45) is 0.0241. The van der Waals surface area contributed by atoms with Crippen molar-refractivity contribution in [3.8, 4) is 5.75 Å². The second-order valence-corrected chi connectivity index (χ2v) is 12.1. The van der Waals surface area contributed by atoms with Crippen molar-refractivity contribution in [1.82, 2.24) is 30.0 Å². The number of aliphatic carboxylic acids is 1. The van der Waals surface area contributed by atoms with E-state index >= 15 is 0 Å². The lowest BCUT2D eigenvalue weighted by Gasteiger charge is -2.25. The van der Waals surface area contributed by atoms with Crippen molar-refractivity contribution in [2.24, 2.45) is 5.73 Å². The van der Waals surface area contributed by atoms with E-state index in [0.717, 1.165) is 50.1 Å². The number of nitrogens with two attached hydrogens (primary N) is 1. The van der Waals surface area contributed by atoms with Crippen LogP contribution in [0.2, 0.25) is 0 Å². The molecule has 0 fully saturated rings. The maximum absolute atomic E-state index is 13.3. The molecule has 0 aliphatic carbocycles. The summed E-state index contributed by atoms with van der Waals surface area (Å²) in [5, 5.41) is 22.0. The van der Waals surface area contributed by atoms with Crippen molar-refractivity contribution in [2.45, 2.75) is 51.0 Å². The van der Waals surface area contributed by atoms with Crippen LogP contribution in [0.1, 0.15) is 48.2 Å². The minimum atomic E-state index is -5.08. The number of ether oxygens (including phenoxy) is 1. The number of carbonyl (C=O) groups is 2. The number of H-pyrrole nitrogens is 2. The Kier molecular flexibility index (Phi) is 10.1. The van der Waals surface area contributed by atoms with Gasteiger partial charge in [-0.2, -0.15) is 13.2 Å². The number of hydrogen-bond donors (Lipinski definition) is 5. The number of carboxylic acid groups (broad SMARTS) is 1. The molecule has 0 unspecified atom stereocenters. The Morgan fingerprint density at radius 3 is 2.02 bits per heavy atom. The number of halogens is 3. The minimum absolute atomic E-state index is 0.260. The fraction of sp³-hybridized carbons (Fsp3) is 0.257. The van der Waals surface area contributed by atoms with E-state index in [4.69, 9.17) is 30.6 Å². The van der Waals surface area contributed by atoms with E-state index in [-0.39, 0.29) is 5.91 Å². The Balaban J connectivity index is 0.000000606. The quantitative estimate of drug-likeness (QED) is 0.125. The van der Waals surface area contributed by atoms with Crippen LogP contribution in [0.15, 0.2) is 85.2 Å². The van der Waals surface area contributed by atoms with E-state index in [0.29, 0.717) is 25.2 Å². The van der Waals surface area contributed by atoms with Crippen molar-refractivity contribution in [2.75, 3.05) is 7.11 Å². The number of rotatable bonds is 10. The SMILES string of the molecule is COc1ccc(Cn2c(Cc3c[nH]c4ccccc34)nnc2[C@@H](Cc2c[nH]c3ccccc23)NC(=O)C(C)(C)N)cc1.O=C(O)C(F)(F)F. The zero-order valence-corrected chi connectivity index (χ0v) is 27.0. The van der Waals surface area contributed by atoms with Gasteiger partial charge in [0.15, 0.2) is 5.82 Å². The van der Waals surface area contributed by atoms with Gasteiger partial charge in [0, 0.05) is 47.0 Å². The molecule has 0 spiro atoms. The van der Waals surface area contributed by atoms with Gasteiger partial charge in [-0.15, -0.1) is 10.2 Å². The zero-order chi connectivity index (χ0) is 35.3. The third-order valence-electron chi connectivity index (χ3n) is 7.92. The highest BCUT2D eigenvalue weighted by molar-refractivity contribution is 5.86. The lowest BCUT2D eigenvalue weighted by atomic mass is 10.0. The molecule has 0 aliphatic rings. The first-order valence-corrected chi connectivity index (χ1v) is 15.3. The van der Waals surface area contributed by atoms with Gasteiger partial charge in [-0.05, 0) is 54.8 Å². The summed E-state index contributed by atoms with van der Waals surface area (Å²) in [5.41, 5.74) is 10.5. The molecule has 0 radical (unpaired) electrons. The van der Waals surface area contributed by atoms with E-state index in [1.165, 1.54) is 0 Å². The van der Waals surface area contributed by atoms with Crippen molar-refractivity contribution < 1.29 is 32.6 Å². The lowest BCUT2D eigenvalue weighted by molar-refractivity contribution is -0.192. The summed E-state index contributed by atoms with van der Waals surface area (Å²) < 4.78 is 39.2. The summed E-state index contributed by atoms with van der Waals surface area (Å²) in [5.74, 6) is -0.757. The van der Waals surface area contributed by atoms with Crippen LogP contribution in [-0.2, 0) is 29.0 Å². The highest BCUT2D eigenvalue weighted by atomic mass is 19.4. The van der Waals surface area contributed by atoms with Crippen LogP contribution in [0.25, 0.3) is 21.8 Å². The monoisotopic (exact) mass is 675 g/mol. The van der Waals surface area contributed by atoms with E-state index in [2.05, 4.69) is 38.1 Å². The van der Waals surface area contributed by atoms with Gasteiger partial charge in [-0.25, -0.2) is 4.79 Å². The summed E-state index contributed by atoms with van der Waals surface area (Å²) >= 11 is 0. The highest BCUT2D eigenvalue weighted by Crippen LogP contribution is 2.27. The molecule has 6 N–H and O–H groups in total. The second-order valence-electron chi connectivity index (χ2n) is 12.1. The van der Waals surface area contributed by atoms with Crippen LogP contribution in [0.5, 0.6) is 5.75 Å². The number of benzene rings is 3. The Bertz CT molecular complexity index is 2060. The fourth-order valence-electron chi connectivity index (χ4n) is 5.34. The Labute approximate surface area is 279 Å². The molecule has 1 amide bonds. The van der Waals surface area contributed by atoms with Crippen molar-refractivity contribution in [3.05, 3.63) is 114 Å². The van der Waals surface area contributed by atoms with Gasteiger partial charge in [0.05, 0.1) is 25.2 Å². The van der Waals surface area contributed by atoms with E-state index in [1.807, 2.05) is 67.0 Å². The van der Waals surface area contributed by atoms with E-state index < -0.39 is 23.7 Å². The number of amides is 1. The van der Waals surface area contributed by atoms with Crippen molar-refractivity contribution >= 4 is 33.7 Å². The number of aromatic nitrogens is 5. The highest BCUT2D eigenvalue weighted by Gasteiger charge is 2.38. The largest absolute Gasteiger partial charge is 0.497 e. The summed E-state index contributed by atoms with van der Waals surface area (Å²) in [7, 11) is 1.66. The molecule has 256 valence electrons. The molecule has 3 heterocycles. The summed E-state index contributed by atoms with van der Waals surface area (Å²) in [6, 6.07) is 23.9. The number of methoxy groups -OCH3 is 1. The third kappa shape index (κ3) is 8.27. The number of nitrogens with one attached hydrogen (secondary N) is 3. The molecule has 3 aromatic heterocycles. The number of carbonyl (C=O) groups excluding carboxylic acids is 1. The first-order chi connectivity index (χ1) is 23.2. The van der Waals surface area contributed by atoms with E-state index in [1.54, 1.807) is 21.0 Å². The summed E-state index contributed by atoms with van der Waals surface area (Å²) in [6.45, 7) is 3.93. The number of fused-ring (bicyclic) bond motifs is 2. The number of para-hydroxylation sites is 2. The molecule has 14 heteroatoms. The second kappa shape index (κ2) is 14.2. The Morgan fingerprint density at radius 2 is 1.47 bits per heavy atom. The predicted octanol–water partition coefficient (Wildman–Crippen LogP) is 5.66. The van der Waals surface area contributed by atoms with Gasteiger partial charge >= 0.3 is 12.1 Å². The van der Waals surface area contributed by atoms with Crippen LogP contribution in [-0.4, -0.2) is 60.5 Å². The number of carboxylic acids is 1. The van der Waals surface area contributed by atoms with Gasteiger partial charge in [-0.3, -0.25) is 4.79 Å². The third-order valence-corrected chi connectivity index (χ3v) is 7.92. The smallest absolute Gasteiger partial charge is 0.490 e. The van der Waals surface area contributed by atoms with Crippen LogP contribution in [0, 0.1) is 0 Å². The number of aromatic amines is 2. The molecule has 3 aromatic carbocycles. The molecule has 0 aliphatic heterocycles.